The van der Waals surface area contributed by atoms with Gasteiger partial charge in [-0.1, -0.05) is 179 Å². The fourth-order valence-electron chi connectivity index (χ4n) is 11.1. The average Bonchev–Trinajstić information content (AvgIpc) is 3.26. The molecule has 0 heterocycles. The predicted octanol–water partition coefficient (Wildman–Crippen LogP) is 15.0. The fraction of sp³-hybridized carbons (Fsp3) is 0.547. The second-order valence-electron chi connectivity index (χ2n) is 17.4. The summed E-state index contributed by atoms with van der Waals surface area (Å²) in [5.41, 5.74) is 12.9. The van der Waals surface area contributed by atoms with Crippen LogP contribution in [0.1, 0.15) is 153 Å². The Bertz CT molecular complexity index is 1730. The van der Waals surface area contributed by atoms with Gasteiger partial charge < -0.3 is 9.84 Å². The van der Waals surface area contributed by atoms with Crippen LogP contribution < -0.4 is 15.3 Å². The number of aryl methyl sites for hydroxylation is 2. The van der Waals surface area contributed by atoms with Gasteiger partial charge in [-0.3, -0.25) is 0 Å². The summed E-state index contributed by atoms with van der Waals surface area (Å²) in [6.07, 6.45) is 28.7. The van der Waals surface area contributed by atoms with Gasteiger partial charge in [0.1, 0.15) is 5.75 Å². The number of methoxy groups -OCH3 is 1. The van der Waals surface area contributed by atoms with Crippen molar-refractivity contribution < 1.29 is 9.84 Å². The molecule has 8 rings (SSSR count). The first-order chi connectivity index (χ1) is 27.6. The number of aliphatic hydroxyl groups is 1. The van der Waals surface area contributed by atoms with Crippen molar-refractivity contribution in [2.24, 2.45) is 0 Å². The van der Waals surface area contributed by atoms with E-state index in [1.165, 1.54) is 151 Å². The Labute approximate surface area is 350 Å². The Kier molecular flexibility index (Phi) is 17.2. The van der Waals surface area contributed by atoms with Crippen LogP contribution in [0.5, 0.6) is 5.75 Å². The highest BCUT2D eigenvalue weighted by Crippen LogP contribution is 2.58. The number of benzene rings is 4. The van der Waals surface area contributed by atoms with Crippen molar-refractivity contribution in [1.29, 1.82) is 0 Å². The van der Waals surface area contributed by atoms with Gasteiger partial charge in [-0.15, -0.1) is 0 Å². The maximum absolute atomic E-state index is 10.1. The molecule has 0 bridgehead atoms. The van der Waals surface area contributed by atoms with Crippen molar-refractivity contribution in [3.05, 3.63) is 102 Å². The van der Waals surface area contributed by atoms with Crippen LogP contribution in [0.4, 0.5) is 0 Å². The van der Waals surface area contributed by atoms with E-state index in [0.717, 1.165) is 39.5 Å². The lowest BCUT2D eigenvalue weighted by atomic mass is 9.96. The summed E-state index contributed by atoms with van der Waals surface area (Å²) in [6, 6.07) is 31.4. The van der Waals surface area contributed by atoms with E-state index < -0.39 is 0 Å². The summed E-state index contributed by atoms with van der Waals surface area (Å²) in [5.74, 6) is 0.881. The van der Waals surface area contributed by atoms with Gasteiger partial charge >= 0.3 is 0 Å². The van der Waals surface area contributed by atoms with Gasteiger partial charge in [0.05, 0.1) is 13.7 Å². The molecule has 0 saturated heterocycles. The van der Waals surface area contributed by atoms with Gasteiger partial charge in [0.25, 0.3) is 0 Å². The van der Waals surface area contributed by atoms with Crippen molar-refractivity contribution in [2.75, 3.05) is 7.11 Å². The summed E-state index contributed by atoms with van der Waals surface area (Å²) < 4.78 is 5.76. The summed E-state index contributed by atoms with van der Waals surface area (Å²) in [5, 5.41) is 13.4. The summed E-state index contributed by atoms with van der Waals surface area (Å²) in [6.45, 7) is 4.64. The molecule has 0 atom stereocenters. The van der Waals surface area contributed by atoms with Crippen LogP contribution in [0.3, 0.4) is 0 Å². The van der Waals surface area contributed by atoms with Gasteiger partial charge in [-0.25, -0.2) is 0 Å². The van der Waals surface area contributed by atoms with E-state index in [1.807, 2.05) is 18.2 Å². The molecule has 0 spiro atoms. The molecule has 0 unspecified atom stereocenters. The highest BCUT2D eigenvalue weighted by atomic mass is 31.1. The Morgan fingerprint density at radius 3 is 1.23 bits per heavy atom. The standard InChI is InChI=1S/C26H35O2P.C26H35P.CH4/c1-28-24-17-10-11-20(19-27)26(24)23-16-8-9-18-25(23)29(21-12-4-2-5-13-21)22-14-6-3-7-15-22;1-20-12-11-13-21(2)26(20)24-18-9-10-19-25(24)27(22-14-5-3-6-15-22)23-16-7-4-8-17-23;/h8-11,16-18,21-22,27H,2-7,12-15,19H2,1H3;9-13,18-19,22-23H,3-8,14-17H2,1-2H3;1H4. The molecular weight excluding hydrogens is 731 g/mol. The molecule has 4 aromatic rings. The van der Waals surface area contributed by atoms with Gasteiger partial charge in [0.2, 0.25) is 0 Å². The molecule has 57 heavy (non-hydrogen) atoms. The lowest BCUT2D eigenvalue weighted by molar-refractivity contribution is 0.281. The number of rotatable bonds is 10. The fourth-order valence-corrected chi connectivity index (χ4v) is 19.0. The molecule has 4 saturated carbocycles. The number of hydrogen-bond donors (Lipinski definition) is 1. The van der Waals surface area contributed by atoms with Crippen LogP contribution in [0.15, 0.2) is 84.9 Å². The molecule has 4 aliphatic carbocycles. The Balaban J connectivity index is 0.000000190. The lowest BCUT2D eigenvalue weighted by Crippen LogP contribution is -2.27. The van der Waals surface area contributed by atoms with E-state index in [-0.39, 0.29) is 29.9 Å². The minimum atomic E-state index is -0.208. The monoisotopic (exact) mass is 805 g/mol. The molecule has 2 nitrogen and oxygen atoms in total. The average molecular weight is 805 g/mol. The third kappa shape index (κ3) is 10.6. The summed E-state index contributed by atoms with van der Waals surface area (Å²) >= 11 is 0. The molecular formula is C53H74O2P2. The van der Waals surface area contributed by atoms with Crippen molar-refractivity contribution in [3.8, 4) is 28.0 Å². The first-order valence-corrected chi connectivity index (χ1v) is 25.6. The van der Waals surface area contributed by atoms with E-state index in [0.29, 0.717) is 0 Å². The topological polar surface area (TPSA) is 29.5 Å². The number of aliphatic hydroxyl groups excluding tert-OH is 1. The third-order valence-corrected chi connectivity index (χ3v) is 20.9. The molecule has 4 heteroatoms. The molecule has 308 valence electrons. The maximum atomic E-state index is 10.1. The van der Waals surface area contributed by atoms with Crippen LogP contribution in [-0.2, 0) is 6.61 Å². The number of hydrogen-bond acceptors (Lipinski definition) is 2. The minimum Gasteiger partial charge on any atom is -0.496 e. The first kappa shape index (κ1) is 44.1. The van der Waals surface area contributed by atoms with Gasteiger partial charge in [0, 0.05) is 5.56 Å². The molecule has 0 amide bonds. The Morgan fingerprint density at radius 1 is 0.474 bits per heavy atom. The van der Waals surface area contributed by atoms with Crippen molar-refractivity contribution in [3.63, 3.8) is 0 Å². The molecule has 4 aromatic carbocycles. The first-order valence-electron chi connectivity index (χ1n) is 22.7. The van der Waals surface area contributed by atoms with E-state index in [9.17, 15) is 5.11 Å². The smallest absolute Gasteiger partial charge is 0.127 e. The van der Waals surface area contributed by atoms with Crippen LogP contribution in [0.25, 0.3) is 22.3 Å². The van der Waals surface area contributed by atoms with Gasteiger partial charge in [0.15, 0.2) is 0 Å². The van der Waals surface area contributed by atoms with Crippen LogP contribution in [0.2, 0.25) is 0 Å². The quantitative estimate of drug-likeness (QED) is 0.162. The Morgan fingerprint density at radius 2 is 0.842 bits per heavy atom. The normalized spacial score (nSPS) is 18.8. The van der Waals surface area contributed by atoms with E-state index in [1.54, 1.807) is 23.3 Å². The molecule has 0 aromatic heterocycles. The van der Waals surface area contributed by atoms with Crippen molar-refractivity contribution in [2.45, 2.75) is 179 Å². The SMILES string of the molecule is C.COc1cccc(CO)c1-c1ccccc1P(C1CCCCC1)C1CCCCC1.Cc1cccc(C)c1-c1ccccc1P(C1CCCCC1)C1CCCCC1. The molecule has 0 radical (unpaired) electrons. The largest absolute Gasteiger partial charge is 0.496 e. The summed E-state index contributed by atoms with van der Waals surface area (Å²) in [4.78, 5) is 0. The Hall–Kier alpha value is -2.50. The zero-order valence-electron chi connectivity index (χ0n) is 35.0. The van der Waals surface area contributed by atoms with Crippen LogP contribution in [0, 0.1) is 13.8 Å². The number of ether oxygens (including phenoxy) is 1. The van der Waals surface area contributed by atoms with Crippen molar-refractivity contribution in [1.82, 2.24) is 0 Å². The summed E-state index contributed by atoms with van der Waals surface area (Å²) in [7, 11) is 1.47. The molecule has 1 N–H and O–H groups in total. The van der Waals surface area contributed by atoms with E-state index >= 15 is 0 Å². The van der Waals surface area contributed by atoms with Gasteiger partial charge in [-0.2, -0.15) is 0 Å². The van der Waals surface area contributed by atoms with Crippen LogP contribution >= 0.6 is 15.8 Å². The zero-order valence-corrected chi connectivity index (χ0v) is 36.8. The lowest BCUT2D eigenvalue weighted by Gasteiger charge is -2.39. The van der Waals surface area contributed by atoms with E-state index in [2.05, 4.69) is 80.6 Å². The molecule has 4 aliphatic rings. The predicted molar refractivity (Wildman–Crippen MR) is 253 cm³/mol. The highest BCUT2D eigenvalue weighted by Gasteiger charge is 2.35. The zero-order chi connectivity index (χ0) is 38.7. The second kappa shape index (κ2) is 22.2. The molecule has 0 aliphatic heterocycles. The second-order valence-corrected chi connectivity index (χ2v) is 22.9. The minimum absolute atomic E-state index is 0. The van der Waals surface area contributed by atoms with Crippen molar-refractivity contribution >= 4 is 26.5 Å². The third-order valence-electron chi connectivity index (χ3n) is 13.8. The van der Waals surface area contributed by atoms with Crippen LogP contribution in [-0.4, -0.2) is 34.9 Å². The maximum Gasteiger partial charge on any atom is 0.127 e. The van der Waals surface area contributed by atoms with Gasteiger partial charge in [-0.05, 0) is 138 Å². The highest BCUT2D eigenvalue weighted by molar-refractivity contribution is 7.67. The van der Waals surface area contributed by atoms with E-state index in [4.69, 9.17) is 4.74 Å². The molecule has 4 fully saturated rings.